The molecule has 3 aromatic rings. The Labute approximate surface area is 165 Å². The number of H-pyrrole nitrogens is 1. The molecule has 0 saturated carbocycles. The van der Waals surface area contributed by atoms with Crippen LogP contribution in [0.2, 0.25) is 0 Å². The largest absolute Gasteiger partial charge is 0.356 e. The van der Waals surface area contributed by atoms with Crippen molar-refractivity contribution in [2.45, 2.75) is 18.5 Å². The highest BCUT2D eigenvalue weighted by Gasteiger charge is 2.49. The molecule has 0 aliphatic carbocycles. The molecule has 1 amide bonds. The zero-order valence-corrected chi connectivity index (χ0v) is 15.8. The van der Waals surface area contributed by atoms with Gasteiger partial charge in [0.1, 0.15) is 6.04 Å². The highest BCUT2D eigenvalue weighted by molar-refractivity contribution is 7.80. The first kappa shape index (κ1) is 16.9. The summed E-state index contributed by atoms with van der Waals surface area (Å²) in [5.74, 6) is -0.0205. The number of hydrogen-bond acceptors (Lipinski definition) is 4. The number of aromatic amines is 1. The standard InChI is InChI=1S/C20H16N4O3S/c1-22-19(25)16-10-14-13-4-2-3-5-15(13)21-17(14)18(23(16)20(22)28)11-6-8-12(9-7-11)24(26)27/h2-9,16,18,21H,10H2,1H3/t16-,18+/m1/s1. The summed E-state index contributed by atoms with van der Waals surface area (Å²) < 4.78 is 0. The molecule has 0 radical (unpaired) electrons. The van der Waals surface area contributed by atoms with Gasteiger partial charge in [0.15, 0.2) is 5.11 Å². The Morgan fingerprint density at radius 2 is 1.89 bits per heavy atom. The molecule has 2 aliphatic heterocycles. The number of non-ortho nitro benzene ring substituents is 1. The molecule has 2 aliphatic rings. The van der Waals surface area contributed by atoms with Crippen molar-refractivity contribution in [1.82, 2.24) is 14.8 Å². The van der Waals surface area contributed by atoms with Gasteiger partial charge in [0.05, 0.1) is 11.0 Å². The van der Waals surface area contributed by atoms with E-state index in [2.05, 4.69) is 11.1 Å². The van der Waals surface area contributed by atoms with E-state index in [9.17, 15) is 14.9 Å². The van der Waals surface area contributed by atoms with Crippen LogP contribution in [0.1, 0.15) is 22.9 Å². The lowest BCUT2D eigenvalue weighted by molar-refractivity contribution is -0.384. The summed E-state index contributed by atoms with van der Waals surface area (Å²) in [4.78, 5) is 30.4. The van der Waals surface area contributed by atoms with E-state index >= 15 is 0 Å². The van der Waals surface area contributed by atoms with Crippen molar-refractivity contribution in [3.05, 3.63) is 75.5 Å². The summed E-state index contributed by atoms with van der Waals surface area (Å²) in [6, 6.07) is 13.8. The quantitative estimate of drug-likeness (QED) is 0.412. The van der Waals surface area contributed by atoms with Crippen molar-refractivity contribution in [1.29, 1.82) is 0 Å². The fourth-order valence-corrected chi connectivity index (χ4v) is 4.65. The Hall–Kier alpha value is -3.26. The smallest absolute Gasteiger partial charge is 0.269 e. The second-order valence-corrected chi connectivity index (χ2v) is 7.49. The molecule has 5 rings (SSSR count). The number of rotatable bonds is 2. The van der Waals surface area contributed by atoms with Crippen LogP contribution in [0.3, 0.4) is 0 Å². The molecule has 140 valence electrons. The van der Waals surface area contributed by atoms with Gasteiger partial charge in [-0.05, 0) is 41.5 Å². The highest BCUT2D eigenvalue weighted by Crippen LogP contribution is 2.43. The predicted octanol–water partition coefficient (Wildman–Crippen LogP) is 3.15. The zero-order chi connectivity index (χ0) is 19.6. The van der Waals surface area contributed by atoms with Crippen molar-refractivity contribution < 1.29 is 9.72 Å². The van der Waals surface area contributed by atoms with E-state index in [0.29, 0.717) is 11.5 Å². The molecule has 0 bridgehead atoms. The van der Waals surface area contributed by atoms with Crippen molar-refractivity contribution in [3.8, 4) is 0 Å². The topological polar surface area (TPSA) is 82.5 Å². The number of fused-ring (bicyclic) bond motifs is 4. The summed E-state index contributed by atoms with van der Waals surface area (Å²) in [7, 11) is 1.70. The second-order valence-electron chi connectivity index (χ2n) is 7.12. The number of nitro groups is 1. The summed E-state index contributed by atoms with van der Waals surface area (Å²) in [5, 5.41) is 12.6. The van der Waals surface area contributed by atoms with E-state index in [-0.39, 0.29) is 23.7 Å². The zero-order valence-electron chi connectivity index (χ0n) is 15.0. The Balaban J connectivity index is 1.73. The lowest BCUT2D eigenvalue weighted by Crippen LogP contribution is -2.44. The molecule has 7 nitrogen and oxygen atoms in total. The lowest BCUT2D eigenvalue weighted by Gasteiger charge is -2.37. The Kier molecular flexibility index (Phi) is 3.54. The maximum atomic E-state index is 12.8. The molecule has 1 fully saturated rings. The van der Waals surface area contributed by atoms with Gasteiger partial charge in [0, 0.05) is 42.2 Å². The van der Waals surface area contributed by atoms with E-state index in [1.807, 2.05) is 23.1 Å². The third-order valence-electron chi connectivity index (χ3n) is 5.67. The summed E-state index contributed by atoms with van der Waals surface area (Å²) >= 11 is 5.58. The van der Waals surface area contributed by atoms with Gasteiger partial charge >= 0.3 is 0 Å². The number of hydrogen-bond donors (Lipinski definition) is 1. The maximum Gasteiger partial charge on any atom is 0.269 e. The van der Waals surface area contributed by atoms with Gasteiger partial charge in [-0.15, -0.1) is 0 Å². The monoisotopic (exact) mass is 392 g/mol. The lowest BCUT2D eigenvalue weighted by atomic mass is 9.89. The Morgan fingerprint density at radius 1 is 1.18 bits per heavy atom. The number of para-hydroxylation sites is 1. The van der Waals surface area contributed by atoms with Crippen LogP contribution in [0.15, 0.2) is 48.5 Å². The molecular weight excluding hydrogens is 376 g/mol. The fourth-order valence-electron chi connectivity index (χ4n) is 4.33. The molecule has 0 unspecified atom stereocenters. The maximum absolute atomic E-state index is 12.8. The number of nitrogens with one attached hydrogen (secondary N) is 1. The first-order valence-corrected chi connectivity index (χ1v) is 9.32. The van der Waals surface area contributed by atoms with E-state index in [1.165, 1.54) is 17.0 Å². The SMILES string of the molecule is CN1C(=O)[C@H]2Cc3c([nH]c4ccccc34)[C@H](c3ccc([N+](=O)[O-])cc3)N2C1=S. The third-order valence-corrected chi connectivity index (χ3v) is 6.16. The number of likely N-dealkylation sites (N-methyl/N-ethyl adjacent to an activating group) is 1. The van der Waals surface area contributed by atoms with E-state index < -0.39 is 4.92 Å². The number of benzene rings is 2. The molecule has 2 atom stereocenters. The van der Waals surface area contributed by atoms with E-state index in [0.717, 1.165) is 27.7 Å². The summed E-state index contributed by atoms with van der Waals surface area (Å²) in [6.07, 6.45) is 0.576. The van der Waals surface area contributed by atoms with E-state index in [1.54, 1.807) is 19.2 Å². The van der Waals surface area contributed by atoms with Crippen LogP contribution in [0, 0.1) is 10.1 Å². The molecular formula is C20H16N4O3S. The molecule has 1 saturated heterocycles. The van der Waals surface area contributed by atoms with Gasteiger partial charge < -0.3 is 9.88 Å². The van der Waals surface area contributed by atoms with Crippen LogP contribution >= 0.6 is 12.2 Å². The predicted molar refractivity (Wildman–Crippen MR) is 108 cm³/mol. The Bertz CT molecular complexity index is 1150. The molecule has 0 spiro atoms. The van der Waals surface area contributed by atoms with Crippen LogP contribution in [-0.4, -0.2) is 43.8 Å². The summed E-state index contributed by atoms with van der Waals surface area (Å²) in [6.45, 7) is 0. The average molecular weight is 392 g/mol. The first-order valence-electron chi connectivity index (χ1n) is 8.91. The van der Waals surface area contributed by atoms with Crippen molar-refractivity contribution in [2.75, 3.05) is 7.05 Å². The van der Waals surface area contributed by atoms with Gasteiger partial charge in [0.2, 0.25) is 0 Å². The Morgan fingerprint density at radius 3 is 2.61 bits per heavy atom. The molecule has 2 aromatic carbocycles. The molecule has 1 N–H and O–H groups in total. The number of aromatic nitrogens is 1. The number of nitro benzene ring substituents is 1. The molecule has 3 heterocycles. The highest BCUT2D eigenvalue weighted by atomic mass is 32.1. The molecule has 28 heavy (non-hydrogen) atoms. The van der Waals surface area contributed by atoms with Crippen LogP contribution < -0.4 is 0 Å². The number of amides is 1. The molecule has 1 aromatic heterocycles. The summed E-state index contributed by atoms with van der Waals surface area (Å²) in [5.41, 5.74) is 3.98. The van der Waals surface area contributed by atoms with Gasteiger partial charge in [-0.1, -0.05) is 18.2 Å². The first-order chi connectivity index (χ1) is 13.5. The number of carbonyl (C=O) groups is 1. The van der Waals surface area contributed by atoms with Gasteiger partial charge in [-0.25, -0.2) is 0 Å². The minimum Gasteiger partial charge on any atom is -0.356 e. The number of thiocarbonyl (C=S) groups is 1. The normalized spacial score (nSPS) is 21.2. The third kappa shape index (κ3) is 2.21. The minimum absolute atomic E-state index is 0.0205. The van der Waals surface area contributed by atoms with Crippen LogP contribution in [-0.2, 0) is 11.2 Å². The van der Waals surface area contributed by atoms with Crippen LogP contribution in [0.25, 0.3) is 10.9 Å². The van der Waals surface area contributed by atoms with Crippen molar-refractivity contribution >= 4 is 39.8 Å². The average Bonchev–Trinajstić information content (AvgIpc) is 3.18. The van der Waals surface area contributed by atoms with Gasteiger partial charge in [0.25, 0.3) is 11.6 Å². The van der Waals surface area contributed by atoms with Crippen LogP contribution in [0.5, 0.6) is 0 Å². The van der Waals surface area contributed by atoms with Crippen molar-refractivity contribution in [3.63, 3.8) is 0 Å². The number of carbonyl (C=O) groups excluding carboxylic acids is 1. The van der Waals surface area contributed by atoms with Gasteiger partial charge in [-0.2, -0.15) is 0 Å². The van der Waals surface area contributed by atoms with Crippen molar-refractivity contribution in [2.24, 2.45) is 0 Å². The van der Waals surface area contributed by atoms with Crippen LogP contribution in [0.4, 0.5) is 5.69 Å². The minimum atomic E-state index is -0.417. The number of nitrogens with zero attached hydrogens (tertiary/aromatic N) is 3. The second kappa shape index (κ2) is 5.87. The van der Waals surface area contributed by atoms with Gasteiger partial charge in [-0.3, -0.25) is 19.8 Å². The van der Waals surface area contributed by atoms with E-state index in [4.69, 9.17) is 12.2 Å². The fraction of sp³-hybridized carbons (Fsp3) is 0.200. The molecule has 8 heteroatoms.